The molecule has 0 saturated carbocycles. The maximum Gasteiger partial charge on any atom is 0.277 e. The number of rotatable bonds is 3. The molecule has 3 aromatic heterocycles. The second-order valence-corrected chi connectivity index (χ2v) is 5.49. The van der Waals surface area contributed by atoms with Gasteiger partial charge in [-0.15, -0.1) is 0 Å². The third-order valence-corrected chi connectivity index (χ3v) is 3.67. The second-order valence-electron chi connectivity index (χ2n) is 5.49. The van der Waals surface area contributed by atoms with Crippen LogP contribution >= 0.6 is 0 Å². The van der Waals surface area contributed by atoms with Crippen LogP contribution in [0.2, 0.25) is 0 Å². The maximum atomic E-state index is 12.3. The van der Waals surface area contributed by atoms with Gasteiger partial charge in [-0.1, -0.05) is 18.2 Å². The van der Waals surface area contributed by atoms with Gasteiger partial charge in [0.05, 0.1) is 17.4 Å². The zero-order chi connectivity index (χ0) is 17.2. The third-order valence-electron chi connectivity index (χ3n) is 3.67. The van der Waals surface area contributed by atoms with E-state index in [2.05, 4.69) is 25.4 Å². The van der Waals surface area contributed by atoms with Gasteiger partial charge in [0.2, 0.25) is 0 Å². The Morgan fingerprint density at radius 1 is 1.12 bits per heavy atom. The number of hydrogen-bond donors (Lipinski definition) is 1. The molecular formula is C18H14N6O. The molecule has 0 atom stereocenters. The van der Waals surface area contributed by atoms with Crippen LogP contribution in [0, 0.1) is 6.92 Å². The molecule has 0 spiro atoms. The minimum atomic E-state index is -0.352. The lowest BCUT2D eigenvalue weighted by molar-refractivity contribution is 0.102. The van der Waals surface area contributed by atoms with Gasteiger partial charge in [-0.05, 0) is 25.1 Å². The van der Waals surface area contributed by atoms with Crippen molar-refractivity contribution in [3.8, 4) is 5.82 Å². The summed E-state index contributed by atoms with van der Waals surface area (Å²) in [5, 5.41) is 8.29. The fourth-order valence-corrected chi connectivity index (χ4v) is 2.53. The van der Waals surface area contributed by atoms with E-state index in [1.165, 1.54) is 18.6 Å². The molecule has 0 aliphatic rings. The SMILES string of the molecule is Cc1cc(NC(=O)c2cnccn2)n(-c2ccc3ccccc3n2)n1. The fraction of sp³-hybridized carbons (Fsp3) is 0.0556. The Kier molecular flexibility index (Phi) is 3.66. The molecule has 0 bridgehead atoms. The molecule has 122 valence electrons. The summed E-state index contributed by atoms with van der Waals surface area (Å²) in [6.45, 7) is 1.86. The van der Waals surface area contributed by atoms with E-state index in [-0.39, 0.29) is 11.6 Å². The molecular weight excluding hydrogens is 316 g/mol. The normalized spacial score (nSPS) is 10.8. The molecule has 0 aliphatic heterocycles. The minimum absolute atomic E-state index is 0.236. The van der Waals surface area contributed by atoms with Gasteiger partial charge in [-0.25, -0.2) is 9.97 Å². The summed E-state index contributed by atoms with van der Waals surface area (Å²) in [6.07, 6.45) is 4.41. The number of nitrogens with one attached hydrogen (secondary N) is 1. The number of pyridine rings is 1. The van der Waals surface area contributed by atoms with Gasteiger partial charge in [0, 0.05) is 23.8 Å². The molecule has 3 heterocycles. The summed E-state index contributed by atoms with van der Waals surface area (Å²) < 4.78 is 1.61. The first-order valence-electron chi connectivity index (χ1n) is 7.71. The number of hydrogen-bond acceptors (Lipinski definition) is 5. The van der Waals surface area contributed by atoms with Crippen molar-refractivity contribution < 1.29 is 4.79 Å². The molecule has 0 unspecified atom stereocenters. The Morgan fingerprint density at radius 3 is 2.84 bits per heavy atom. The van der Waals surface area contributed by atoms with Crippen molar-refractivity contribution in [2.45, 2.75) is 6.92 Å². The van der Waals surface area contributed by atoms with E-state index in [0.29, 0.717) is 11.6 Å². The summed E-state index contributed by atoms with van der Waals surface area (Å²) in [7, 11) is 0. The van der Waals surface area contributed by atoms with Gasteiger partial charge in [-0.3, -0.25) is 9.78 Å². The maximum absolute atomic E-state index is 12.3. The van der Waals surface area contributed by atoms with Gasteiger partial charge in [-0.2, -0.15) is 9.78 Å². The van der Waals surface area contributed by atoms with Crippen molar-refractivity contribution in [2.75, 3.05) is 5.32 Å². The van der Waals surface area contributed by atoms with Crippen molar-refractivity contribution in [2.24, 2.45) is 0 Å². The predicted octanol–water partition coefficient (Wildman–Crippen LogP) is 2.77. The average Bonchev–Trinajstić information content (AvgIpc) is 3.02. The first-order chi connectivity index (χ1) is 12.2. The zero-order valence-corrected chi connectivity index (χ0v) is 13.4. The number of carbonyl (C=O) groups excluding carboxylic acids is 1. The van der Waals surface area contributed by atoms with Crippen LogP contribution in [-0.4, -0.2) is 30.6 Å². The molecule has 0 saturated heterocycles. The molecule has 0 radical (unpaired) electrons. The number of amides is 1. The van der Waals surface area contributed by atoms with Crippen LogP contribution in [0.4, 0.5) is 5.82 Å². The first kappa shape index (κ1) is 14.9. The Labute approximate surface area is 143 Å². The van der Waals surface area contributed by atoms with Crippen LogP contribution in [-0.2, 0) is 0 Å². The molecule has 1 aromatic carbocycles. The van der Waals surface area contributed by atoms with E-state index < -0.39 is 0 Å². The van der Waals surface area contributed by atoms with Crippen molar-refractivity contribution in [3.05, 3.63) is 72.4 Å². The van der Waals surface area contributed by atoms with Crippen LogP contribution in [0.1, 0.15) is 16.2 Å². The molecule has 1 amide bonds. The van der Waals surface area contributed by atoms with Crippen LogP contribution in [0.25, 0.3) is 16.7 Å². The Bertz CT molecular complexity index is 1060. The van der Waals surface area contributed by atoms with Crippen LogP contribution in [0.3, 0.4) is 0 Å². The summed E-state index contributed by atoms with van der Waals surface area (Å²) in [6, 6.07) is 13.5. The van der Waals surface area contributed by atoms with E-state index in [4.69, 9.17) is 0 Å². The summed E-state index contributed by atoms with van der Waals surface area (Å²) in [5.74, 6) is 0.798. The van der Waals surface area contributed by atoms with E-state index in [1.807, 2.05) is 43.3 Å². The lowest BCUT2D eigenvalue weighted by Gasteiger charge is -2.08. The van der Waals surface area contributed by atoms with E-state index in [9.17, 15) is 4.79 Å². The van der Waals surface area contributed by atoms with Crippen molar-refractivity contribution in [3.63, 3.8) is 0 Å². The average molecular weight is 330 g/mol. The Hall–Kier alpha value is -3.61. The highest BCUT2D eigenvalue weighted by molar-refractivity contribution is 6.02. The number of para-hydroxylation sites is 1. The lowest BCUT2D eigenvalue weighted by atomic mass is 10.2. The highest BCUT2D eigenvalue weighted by Crippen LogP contribution is 2.19. The summed E-state index contributed by atoms with van der Waals surface area (Å²) in [5.41, 5.74) is 1.86. The fourth-order valence-electron chi connectivity index (χ4n) is 2.53. The smallest absolute Gasteiger partial charge is 0.277 e. The van der Waals surface area contributed by atoms with Gasteiger partial charge >= 0.3 is 0 Å². The number of anilines is 1. The Morgan fingerprint density at radius 2 is 2.00 bits per heavy atom. The second kappa shape index (κ2) is 6.12. The number of aryl methyl sites for hydroxylation is 1. The number of benzene rings is 1. The summed E-state index contributed by atoms with van der Waals surface area (Å²) >= 11 is 0. The number of fused-ring (bicyclic) bond motifs is 1. The van der Waals surface area contributed by atoms with Crippen molar-refractivity contribution in [1.29, 1.82) is 0 Å². The first-order valence-corrected chi connectivity index (χ1v) is 7.71. The van der Waals surface area contributed by atoms with Crippen molar-refractivity contribution >= 4 is 22.6 Å². The Balaban J connectivity index is 1.72. The quantitative estimate of drug-likeness (QED) is 0.624. The van der Waals surface area contributed by atoms with Crippen LogP contribution < -0.4 is 5.32 Å². The third kappa shape index (κ3) is 2.94. The van der Waals surface area contributed by atoms with Crippen molar-refractivity contribution in [1.82, 2.24) is 24.7 Å². The largest absolute Gasteiger partial charge is 0.305 e. The van der Waals surface area contributed by atoms with Crippen LogP contribution in [0.15, 0.2) is 61.1 Å². The molecule has 7 nitrogen and oxygen atoms in total. The topological polar surface area (TPSA) is 85.6 Å². The summed E-state index contributed by atoms with van der Waals surface area (Å²) in [4.78, 5) is 24.9. The molecule has 0 aliphatic carbocycles. The molecule has 1 N–H and O–H groups in total. The van der Waals surface area contributed by atoms with Gasteiger partial charge in [0.15, 0.2) is 5.82 Å². The number of nitrogens with zero attached hydrogens (tertiary/aromatic N) is 5. The number of aromatic nitrogens is 5. The van der Waals surface area contributed by atoms with E-state index >= 15 is 0 Å². The predicted molar refractivity (Wildman–Crippen MR) is 93.6 cm³/mol. The standard InChI is InChI=1S/C18H14N6O/c1-12-10-17(22-18(25)15-11-19-8-9-20-15)24(23-12)16-7-6-13-4-2-3-5-14(13)21-16/h2-11H,1H3,(H,22,25). The highest BCUT2D eigenvalue weighted by Gasteiger charge is 2.14. The zero-order valence-electron chi connectivity index (χ0n) is 13.4. The highest BCUT2D eigenvalue weighted by atomic mass is 16.2. The molecule has 4 aromatic rings. The molecule has 7 heteroatoms. The van der Waals surface area contributed by atoms with E-state index in [1.54, 1.807) is 10.7 Å². The van der Waals surface area contributed by atoms with Gasteiger partial charge < -0.3 is 5.32 Å². The number of carbonyl (C=O) groups is 1. The monoisotopic (exact) mass is 330 g/mol. The van der Waals surface area contributed by atoms with Gasteiger partial charge in [0.25, 0.3) is 5.91 Å². The molecule has 25 heavy (non-hydrogen) atoms. The molecule has 4 rings (SSSR count). The van der Waals surface area contributed by atoms with Crippen LogP contribution in [0.5, 0.6) is 0 Å². The van der Waals surface area contributed by atoms with E-state index in [0.717, 1.165) is 16.6 Å². The minimum Gasteiger partial charge on any atom is -0.305 e. The lowest BCUT2D eigenvalue weighted by Crippen LogP contribution is -2.17. The van der Waals surface area contributed by atoms with Gasteiger partial charge in [0.1, 0.15) is 11.5 Å². The molecule has 0 fully saturated rings.